The largest absolute Gasteiger partial charge is 0.490 e. The van der Waals surface area contributed by atoms with Gasteiger partial charge in [-0.25, -0.2) is 9.83 Å². The van der Waals surface area contributed by atoms with Gasteiger partial charge in [0.2, 0.25) is 11.6 Å². The van der Waals surface area contributed by atoms with Gasteiger partial charge in [-0.2, -0.15) is 0 Å². The van der Waals surface area contributed by atoms with E-state index in [1.807, 2.05) is 0 Å². The first kappa shape index (κ1) is 8.02. The fourth-order valence-electron chi connectivity index (χ4n) is 0.653. The minimum Gasteiger partial charge on any atom is -0.490 e. The molecule has 3 nitrogen and oxygen atoms in total. The van der Waals surface area contributed by atoms with Crippen molar-refractivity contribution in [3.8, 4) is 5.88 Å². The molecule has 0 aromatic carbocycles. The summed E-state index contributed by atoms with van der Waals surface area (Å²) in [6.45, 7) is 6.77. The molecular formula is C7H5BrN2O. The van der Waals surface area contributed by atoms with E-state index in [4.69, 9.17) is 11.3 Å². The number of aromatic nitrogens is 1. The molecule has 0 saturated carbocycles. The Morgan fingerprint density at radius 1 is 1.73 bits per heavy atom. The zero-order chi connectivity index (χ0) is 8.27. The lowest BCUT2D eigenvalue weighted by molar-refractivity contribution is 0.400. The van der Waals surface area contributed by atoms with E-state index >= 15 is 0 Å². The Morgan fingerprint density at radius 2 is 2.45 bits per heavy atom. The normalized spacial score (nSPS) is 8.82. The molecular weight excluding hydrogens is 208 g/mol. The summed E-state index contributed by atoms with van der Waals surface area (Å²) in [4.78, 5) is 7.12. The van der Waals surface area contributed by atoms with Crippen molar-refractivity contribution in [3.05, 3.63) is 28.2 Å². The number of hydrogen-bond donors (Lipinski definition) is 0. The van der Waals surface area contributed by atoms with E-state index in [9.17, 15) is 0 Å². The molecule has 1 aromatic heterocycles. The first-order valence-corrected chi connectivity index (χ1v) is 3.64. The number of nitrogens with zero attached hydrogens (tertiary/aromatic N) is 2. The fraction of sp³-hybridized carbons (Fsp3) is 0.143. The van der Waals surface area contributed by atoms with Gasteiger partial charge < -0.3 is 4.74 Å². The third kappa shape index (κ3) is 1.69. The van der Waals surface area contributed by atoms with E-state index in [-0.39, 0.29) is 0 Å². The van der Waals surface area contributed by atoms with Gasteiger partial charge in [0.05, 0.1) is 13.7 Å². The Labute approximate surface area is 73.0 Å². The summed E-state index contributed by atoms with van der Waals surface area (Å²) in [6.07, 6.45) is 1.59. The van der Waals surface area contributed by atoms with E-state index in [0.717, 1.165) is 4.47 Å². The monoisotopic (exact) mass is 212 g/mol. The Kier molecular flexibility index (Phi) is 2.44. The molecule has 4 heteroatoms. The van der Waals surface area contributed by atoms with Gasteiger partial charge in [-0.05, 0) is 6.07 Å². The summed E-state index contributed by atoms with van der Waals surface area (Å²) < 4.78 is 5.63. The van der Waals surface area contributed by atoms with E-state index in [1.165, 1.54) is 7.11 Å². The van der Waals surface area contributed by atoms with Gasteiger partial charge in [0.1, 0.15) is 0 Å². The number of halogens is 1. The summed E-state index contributed by atoms with van der Waals surface area (Å²) in [5, 5.41) is 0. The van der Waals surface area contributed by atoms with Crippen LogP contribution in [0.5, 0.6) is 5.88 Å². The summed E-state index contributed by atoms with van der Waals surface area (Å²) in [7, 11) is 1.49. The van der Waals surface area contributed by atoms with Crippen LogP contribution in [0.3, 0.4) is 0 Å². The van der Waals surface area contributed by atoms with Crippen molar-refractivity contribution in [1.82, 2.24) is 4.98 Å². The van der Waals surface area contributed by atoms with Crippen molar-refractivity contribution in [1.29, 1.82) is 0 Å². The molecule has 0 aliphatic carbocycles. The van der Waals surface area contributed by atoms with Crippen LogP contribution in [0, 0.1) is 6.57 Å². The second kappa shape index (κ2) is 3.35. The molecule has 56 valence electrons. The fourth-order valence-corrected chi connectivity index (χ4v) is 0.973. The summed E-state index contributed by atoms with van der Waals surface area (Å²) in [5.74, 6) is 0.364. The van der Waals surface area contributed by atoms with Crippen LogP contribution in [-0.4, -0.2) is 12.1 Å². The van der Waals surface area contributed by atoms with Crippen LogP contribution in [0.15, 0.2) is 16.7 Å². The van der Waals surface area contributed by atoms with E-state index in [2.05, 4.69) is 25.8 Å². The molecule has 0 fully saturated rings. The van der Waals surface area contributed by atoms with Gasteiger partial charge in [0, 0.05) is 10.7 Å². The Hall–Kier alpha value is -1.08. The third-order valence-electron chi connectivity index (χ3n) is 1.11. The van der Waals surface area contributed by atoms with Gasteiger partial charge in [0.15, 0.2) is 0 Å². The van der Waals surface area contributed by atoms with Crippen molar-refractivity contribution in [2.75, 3.05) is 7.11 Å². The van der Waals surface area contributed by atoms with Crippen LogP contribution in [0.2, 0.25) is 0 Å². The van der Waals surface area contributed by atoms with Crippen LogP contribution < -0.4 is 4.74 Å². The van der Waals surface area contributed by atoms with Crippen LogP contribution >= 0.6 is 15.9 Å². The van der Waals surface area contributed by atoms with Gasteiger partial charge in [-0.1, -0.05) is 15.9 Å². The predicted octanol–water partition coefficient (Wildman–Crippen LogP) is 2.40. The number of pyridine rings is 1. The molecule has 0 bridgehead atoms. The lowest BCUT2D eigenvalue weighted by Gasteiger charge is -1.99. The van der Waals surface area contributed by atoms with E-state index in [1.54, 1.807) is 12.3 Å². The maximum absolute atomic E-state index is 6.77. The minimum atomic E-state index is 0.364. The summed E-state index contributed by atoms with van der Waals surface area (Å²) >= 11 is 3.20. The highest BCUT2D eigenvalue weighted by Gasteiger charge is 2.02. The smallest absolute Gasteiger partial charge is 0.248 e. The molecule has 0 atom stereocenters. The van der Waals surface area contributed by atoms with Crippen molar-refractivity contribution < 1.29 is 4.74 Å². The maximum atomic E-state index is 6.77. The van der Waals surface area contributed by atoms with Gasteiger partial charge in [-0.3, -0.25) is 0 Å². The standard InChI is InChI=1S/C7H5BrN2O/c1-9-6-3-5(8)4-10-7(6)11-2/h3-4H,2H3. The second-order valence-corrected chi connectivity index (χ2v) is 2.71. The average Bonchev–Trinajstić information content (AvgIpc) is 2.04. The topological polar surface area (TPSA) is 26.5 Å². The zero-order valence-electron chi connectivity index (χ0n) is 5.84. The Bertz CT molecular complexity index is 306. The Morgan fingerprint density at radius 3 is 3.00 bits per heavy atom. The van der Waals surface area contributed by atoms with Crippen LogP contribution in [-0.2, 0) is 0 Å². The lowest BCUT2D eigenvalue weighted by Crippen LogP contribution is -1.86. The van der Waals surface area contributed by atoms with E-state index in [0.29, 0.717) is 11.6 Å². The lowest BCUT2D eigenvalue weighted by atomic mass is 10.4. The van der Waals surface area contributed by atoms with Gasteiger partial charge in [-0.15, -0.1) is 0 Å². The Balaban J connectivity index is 3.19. The number of methoxy groups -OCH3 is 1. The first-order valence-electron chi connectivity index (χ1n) is 2.85. The molecule has 11 heavy (non-hydrogen) atoms. The van der Waals surface area contributed by atoms with E-state index < -0.39 is 0 Å². The SMILES string of the molecule is [C-]#[N+]c1cc(Br)cnc1OC. The number of hydrogen-bond acceptors (Lipinski definition) is 2. The van der Waals surface area contributed by atoms with Crippen LogP contribution in [0.25, 0.3) is 4.85 Å². The minimum absolute atomic E-state index is 0.364. The van der Waals surface area contributed by atoms with Crippen LogP contribution in [0.4, 0.5) is 5.69 Å². The maximum Gasteiger partial charge on any atom is 0.248 e. The zero-order valence-corrected chi connectivity index (χ0v) is 7.42. The highest BCUT2D eigenvalue weighted by atomic mass is 79.9. The van der Waals surface area contributed by atoms with Crippen molar-refractivity contribution in [3.63, 3.8) is 0 Å². The van der Waals surface area contributed by atoms with Crippen LogP contribution in [0.1, 0.15) is 0 Å². The third-order valence-corrected chi connectivity index (χ3v) is 1.55. The highest BCUT2D eigenvalue weighted by Crippen LogP contribution is 2.27. The van der Waals surface area contributed by atoms with Gasteiger partial charge in [0.25, 0.3) is 0 Å². The quantitative estimate of drug-likeness (QED) is 0.669. The molecule has 1 rings (SSSR count). The molecule has 0 N–H and O–H groups in total. The average molecular weight is 213 g/mol. The summed E-state index contributed by atoms with van der Waals surface area (Å²) in [6, 6.07) is 1.67. The first-order chi connectivity index (χ1) is 5.27. The van der Waals surface area contributed by atoms with Crippen molar-refractivity contribution in [2.45, 2.75) is 0 Å². The number of ether oxygens (including phenoxy) is 1. The molecule has 0 aliphatic rings. The second-order valence-electron chi connectivity index (χ2n) is 1.79. The molecule has 0 saturated heterocycles. The predicted molar refractivity (Wildman–Crippen MR) is 44.8 cm³/mol. The van der Waals surface area contributed by atoms with Crippen molar-refractivity contribution in [2.24, 2.45) is 0 Å². The summed E-state index contributed by atoms with van der Waals surface area (Å²) in [5.41, 5.74) is 0.418. The molecule has 0 radical (unpaired) electrons. The number of rotatable bonds is 1. The van der Waals surface area contributed by atoms with Crippen molar-refractivity contribution >= 4 is 21.6 Å². The van der Waals surface area contributed by atoms with Gasteiger partial charge >= 0.3 is 0 Å². The molecule has 0 spiro atoms. The molecule has 1 aromatic rings. The molecule has 0 unspecified atom stereocenters. The molecule has 0 aliphatic heterocycles. The molecule has 1 heterocycles. The molecule has 0 amide bonds. The highest BCUT2D eigenvalue weighted by molar-refractivity contribution is 9.10.